The molecule has 0 radical (unpaired) electrons. The van der Waals surface area contributed by atoms with Crippen LogP contribution in [-0.4, -0.2) is 23.9 Å². The predicted molar refractivity (Wildman–Crippen MR) is 251 cm³/mol. The summed E-state index contributed by atoms with van der Waals surface area (Å²) in [5.41, 5.74) is -29.7. The summed E-state index contributed by atoms with van der Waals surface area (Å²) in [6, 6.07) is 16.7. The van der Waals surface area contributed by atoms with E-state index in [-0.39, 0.29) is 11.5 Å². The molecule has 7 aromatic carbocycles. The predicted octanol–water partition coefficient (Wildman–Crippen LogP) is 16.1. The first kappa shape index (κ1) is 63.7. The van der Waals surface area contributed by atoms with Gasteiger partial charge in [-0.05, 0) is 72.8 Å². The molecule has 0 aliphatic rings. The second-order valence-corrected chi connectivity index (χ2v) is 20.8. The minimum absolute atomic E-state index is 0.00407. The third-order valence-electron chi connectivity index (χ3n) is 12.2. The smallest absolute Gasteiger partial charge is 0.416 e. The van der Waals surface area contributed by atoms with Crippen molar-refractivity contribution < 1.29 is 119 Å². The first-order chi connectivity index (χ1) is 37.3. The molecule has 7 rings (SSSR count). The fourth-order valence-electron chi connectivity index (χ4n) is 8.53. The van der Waals surface area contributed by atoms with E-state index in [0.29, 0.717) is 16.2 Å². The Morgan fingerprint density at radius 1 is 0.354 bits per heavy atom. The number of benzene rings is 7. The monoisotopic (exact) mass is 1210 g/mol. The van der Waals surface area contributed by atoms with E-state index < -0.39 is 205 Å². The Balaban J connectivity index is 0.000000357. The van der Waals surface area contributed by atoms with E-state index in [1.807, 2.05) is 48.5 Å². The molecule has 7 aromatic rings. The number of hydrogen-bond donors (Lipinski definition) is 0. The van der Waals surface area contributed by atoms with Crippen LogP contribution in [0.25, 0.3) is 0 Å². The summed E-state index contributed by atoms with van der Waals surface area (Å²) >= 11 is 0. The average Bonchev–Trinajstić information content (AvgIpc) is 1.11. The number of hydrogen-bond acceptors (Lipinski definition) is 3. The molecule has 0 heterocycles. The summed E-state index contributed by atoms with van der Waals surface area (Å²) < 4.78 is 359. The van der Waals surface area contributed by atoms with E-state index in [4.69, 9.17) is 4.74 Å². The van der Waals surface area contributed by atoms with E-state index in [9.17, 15) is 114 Å². The molecule has 0 N–H and O–H groups in total. The molecule has 0 bridgehead atoms. The van der Waals surface area contributed by atoms with Crippen molar-refractivity contribution in [3.8, 4) is 11.5 Å². The van der Waals surface area contributed by atoms with E-state index in [1.165, 1.54) is 0 Å². The second-order valence-electron chi connectivity index (χ2n) is 18.0. The van der Waals surface area contributed by atoms with Crippen molar-refractivity contribution in [3.05, 3.63) is 208 Å². The first-order valence-corrected chi connectivity index (χ1v) is 24.7. The van der Waals surface area contributed by atoms with Crippen LogP contribution in [0.2, 0.25) is 0 Å². The van der Waals surface area contributed by atoms with Crippen LogP contribution in [0.1, 0.15) is 54.9 Å². The van der Waals surface area contributed by atoms with Crippen molar-refractivity contribution in [1.82, 2.24) is 0 Å². The molecule has 0 saturated carbocycles. The average molecular weight is 1210 g/mol. The number of para-hydroxylation sites is 1. The number of ketones is 1. The fraction of sp³-hybridized carbons (Fsp3) is 0.189. The number of halogens is 24. The Morgan fingerprint density at radius 3 is 0.829 bits per heavy atom. The lowest BCUT2D eigenvalue weighted by atomic mass is 9.12. The Labute approximate surface area is 447 Å². The topological polar surface area (TPSA) is 43.4 Å². The molecular weight excluding hydrogens is 1180 g/mol. The molecule has 438 valence electrons. The van der Waals surface area contributed by atoms with Crippen molar-refractivity contribution in [2.24, 2.45) is 0 Å². The van der Waals surface area contributed by atoms with Gasteiger partial charge in [0.1, 0.15) is 33.8 Å². The van der Waals surface area contributed by atoms with Crippen LogP contribution in [0.3, 0.4) is 0 Å². The highest BCUT2D eigenvalue weighted by Crippen LogP contribution is 2.42. The normalized spacial score (nSPS) is 13.9. The van der Waals surface area contributed by atoms with Gasteiger partial charge in [0.05, 0.1) is 44.5 Å². The van der Waals surface area contributed by atoms with Gasteiger partial charge in [0.15, 0.2) is 10.6 Å². The van der Waals surface area contributed by atoms with Gasteiger partial charge in [0.25, 0.3) is 0 Å². The van der Waals surface area contributed by atoms with Crippen molar-refractivity contribution in [2.45, 2.75) is 54.3 Å². The molecule has 0 aromatic heterocycles. The van der Waals surface area contributed by atoms with Gasteiger partial charge in [-0.2, -0.15) is 127 Å². The summed E-state index contributed by atoms with van der Waals surface area (Å²) in [5, 5.41) is 0. The lowest BCUT2D eigenvalue weighted by Crippen LogP contribution is -2.75. The molecule has 1 atom stereocenters. The summed E-state index contributed by atoms with van der Waals surface area (Å²) in [7, 11) is -2.40. The lowest BCUT2D eigenvalue weighted by Gasteiger charge is -2.46. The van der Waals surface area contributed by atoms with E-state index >= 15 is 0 Å². The van der Waals surface area contributed by atoms with Crippen LogP contribution >= 0.6 is 0 Å². The van der Waals surface area contributed by atoms with Crippen LogP contribution in [0.15, 0.2) is 163 Å². The molecule has 82 heavy (non-hydrogen) atoms. The molecule has 0 aliphatic heterocycles. The maximum Gasteiger partial charge on any atom is 0.416 e. The van der Waals surface area contributed by atoms with E-state index in [1.54, 1.807) is 42.7 Å². The molecule has 1 unspecified atom stereocenters. The quantitative estimate of drug-likeness (QED) is 0.0593. The van der Waals surface area contributed by atoms with Crippen molar-refractivity contribution >= 4 is 43.7 Å². The first-order valence-electron chi connectivity index (χ1n) is 22.5. The zero-order valence-electron chi connectivity index (χ0n) is 40.5. The zero-order valence-corrected chi connectivity index (χ0v) is 41.3. The van der Waals surface area contributed by atoms with Crippen LogP contribution in [0.4, 0.5) is 105 Å². The van der Waals surface area contributed by atoms with Gasteiger partial charge in [-0.25, -0.2) is 0 Å². The number of rotatable bonds is 10. The highest BCUT2D eigenvalue weighted by molar-refractivity contribution is 8.03. The fourth-order valence-corrected chi connectivity index (χ4v) is 10.1. The molecule has 3 nitrogen and oxygen atoms in total. The highest BCUT2D eigenvalue weighted by Gasteiger charge is 2.47. The van der Waals surface area contributed by atoms with Gasteiger partial charge < -0.3 is 4.74 Å². The summed E-state index contributed by atoms with van der Waals surface area (Å²) in [6.07, 6.45) is -53.2. The molecule has 0 fully saturated rings. The minimum atomic E-state index is -6.13. The SMILES string of the molecule is C[S+](=O)(CC(=O)c1ccc(Oc2ccccc2)cc1)c1ccccc1.FC(F)(F)c1cc([B-](c2cc(C(F)(F)F)cc(C(F)(F)F)c2)(c2cc(C(F)(F)F)cc(C(F)(F)F)c2)c2cc(C(F)(F)F)cc(C(F)(F)F)c2)cc(C(F)(F)F)c1. The second kappa shape index (κ2) is 22.4. The molecular formula is C53H31BF24O3S. The van der Waals surface area contributed by atoms with Gasteiger partial charge >= 0.3 is 49.4 Å². The number of ether oxygens (including phenoxy) is 1. The Bertz CT molecular complexity index is 3030. The van der Waals surface area contributed by atoms with Crippen molar-refractivity contribution in [2.75, 3.05) is 12.0 Å². The third-order valence-corrected chi connectivity index (χ3v) is 14.3. The summed E-state index contributed by atoms with van der Waals surface area (Å²) in [6.45, 7) is 0. The van der Waals surface area contributed by atoms with E-state index in [0.717, 1.165) is 5.75 Å². The Hall–Kier alpha value is -7.46. The van der Waals surface area contributed by atoms with Crippen LogP contribution in [0, 0.1) is 0 Å². The maximum atomic E-state index is 14.2. The Kier molecular flexibility index (Phi) is 17.4. The number of alkyl halides is 24. The zero-order chi connectivity index (χ0) is 61.6. The molecule has 0 amide bonds. The van der Waals surface area contributed by atoms with Crippen LogP contribution in [0.5, 0.6) is 11.5 Å². The van der Waals surface area contributed by atoms with Crippen molar-refractivity contribution in [1.29, 1.82) is 0 Å². The third kappa shape index (κ3) is 15.0. The lowest BCUT2D eigenvalue weighted by molar-refractivity contribution is -0.144. The van der Waals surface area contributed by atoms with Crippen molar-refractivity contribution in [3.63, 3.8) is 0 Å². The molecule has 0 saturated heterocycles. The Morgan fingerprint density at radius 2 is 0.585 bits per heavy atom. The molecule has 0 spiro atoms. The maximum absolute atomic E-state index is 14.2. The summed E-state index contributed by atoms with van der Waals surface area (Å²) in [5.74, 6) is 1.25. The van der Waals surface area contributed by atoms with Gasteiger partial charge in [0.2, 0.25) is 5.78 Å². The van der Waals surface area contributed by atoms with E-state index in [2.05, 4.69) is 0 Å². The number of carbonyl (C=O) groups is 1. The number of Topliss-reactive ketones (excluding diaryl/α,β-unsaturated/α-hetero) is 1. The molecule has 0 aliphatic carbocycles. The largest absolute Gasteiger partial charge is 0.457 e. The summed E-state index contributed by atoms with van der Waals surface area (Å²) in [4.78, 5) is 13.2. The minimum Gasteiger partial charge on any atom is -0.457 e. The van der Waals surface area contributed by atoms with Gasteiger partial charge in [-0.15, -0.1) is 0 Å². The standard InChI is InChI=1S/C32H12BF24.C21H19O3S/c34-25(35,36)13-1-14(26(37,38)39)6-21(5-13)33(22-7-15(27(40,41)42)2-16(8-22)28(43,44)45,23-9-17(29(46,47)48)3-18(10-23)30(49,50)51)24-11-19(31(52,53)54)4-20(12-24)32(55,56)57;1-25(23,20-10-6-3-7-11-20)16-21(22)17-12-14-19(15-13-17)24-18-8-4-2-5-9-18/h1-12H;2-15H,16H2,1H3/q-1;+1. The highest BCUT2D eigenvalue weighted by atomic mass is 32.2. The van der Waals surface area contributed by atoms with Crippen LogP contribution in [-0.2, 0) is 63.6 Å². The number of carbonyl (C=O) groups excluding carboxylic acids is 1. The van der Waals surface area contributed by atoms with Gasteiger partial charge in [0, 0.05) is 5.56 Å². The van der Waals surface area contributed by atoms with Crippen LogP contribution < -0.4 is 26.6 Å². The van der Waals surface area contributed by atoms with Gasteiger partial charge in [-0.1, -0.05) is 89.1 Å². The van der Waals surface area contributed by atoms with Gasteiger partial charge in [-0.3, -0.25) is 4.79 Å². The molecule has 29 heteroatoms.